The maximum Gasteiger partial charge on any atom is 0.239 e. The number of amides is 1. The molecule has 0 unspecified atom stereocenters. The van der Waals surface area contributed by atoms with Crippen LogP contribution in [0.1, 0.15) is 12.8 Å². The molecule has 1 aromatic rings. The SMILES string of the molecule is CN(CC(=O)NC1CC1)c1nc(Cl)ncc1Cl. The third-order valence-electron chi connectivity index (χ3n) is 2.38. The van der Waals surface area contributed by atoms with Gasteiger partial charge in [0.05, 0.1) is 12.7 Å². The summed E-state index contributed by atoms with van der Waals surface area (Å²) in [5.41, 5.74) is 0. The monoisotopic (exact) mass is 274 g/mol. The van der Waals surface area contributed by atoms with Crippen molar-refractivity contribution < 1.29 is 4.79 Å². The highest BCUT2D eigenvalue weighted by atomic mass is 35.5. The van der Waals surface area contributed by atoms with Gasteiger partial charge in [0, 0.05) is 13.1 Å². The number of hydrogen-bond donors (Lipinski definition) is 1. The Hall–Kier alpha value is -1.07. The number of halogens is 2. The van der Waals surface area contributed by atoms with Crippen molar-refractivity contribution in [1.82, 2.24) is 15.3 Å². The van der Waals surface area contributed by atoms with Gasteiger partial charge < -0.3 is 10.2 Å². The molecule has 0 aromatic carbocycles. The summed E-state index contributed by atoms with van der Waals surface area (Å²) >= 11 is 11.6. The normalized spacial score (nSPS) is 14.5. The zero-order chi connectivity index (χ0) is 12.4. The topological polar surface area (TPSA) is 58.1 Å². The summed E-state index contributed by atoms with van der Waals surface area (Å²) in [4.78, 5) is 21.0. The van der Waals surface area contributed by atoms with Crippen LogP contribution in [-0.2, 0) is 4.79 Å². The number of aromatic nitrogens is 2. The van der Waals surface area contributed by atoms with Crippen LogP contribution in [0.3, 0.4) is 0 Å². The van der Waals surface area contributed by atoms with Crippen molar-refractivity contribution in [2.45, 2.75) is 18.9 Å². The predicted octanol–water partition coefficient (Wildman–Crippen LogP) is 1.50. The van der Waals surface area contributed by atoms with E-state index < -0.39 is 0 Å². The van der Waals surface area contributed by atoms with Gasteiger partial charge in [-0.3, -0.25) is 4.79 Å². The van der Waals surface area contributed by atoms with Crippen LogP contribution in [-0.4, -0.2) is 35.5 Å². The number of hydrogen-bond acceptors (Lipinski definition) is 4. The van der Waals surface area contributed by atoms with E-state index in [2.05, 4.69) is 15.3 Å². The zero-order valence-electron chi connectivity index (χ0n) is 9.28. The highest BCUT2D eigenvalue weighted by Gasteiger charge is 2.24. The molecule has 1 aliphatic rings. The lowest BCUT2D eigenvalue weighted by atomic mass is 10.4. The average molecular weight is 275 g/mol. The summed E-state index contributed by atoms with van der Waals surface area (Å²) < 4.78 is 0. The van der Waals surface area contributed by atoms with Crippen LogP contribution in [0.25, 0.3) is 0 Å². The highest BCUT2D eigenvalue weighted by molar-refractivity contribution is 6.33. The molecule has 7 heteroatoms. The fourth-order valence-corrected chi connectivity index (χ4v) is 1.76. The molecule has 2 rings (SSSR count). The fraction of sp³-hybridized carbons (Fsp3) is 0.500. The molecule has 1 aromatic heterocycles. The summed E-state index contributed by atoms with van der Waals surface area (Å²) in [6, 6.07) is 0.348. The van der Waals surface area contributed by atoms with E-state index in [1.54, 1.807) is 11.9 Å². The lowest BCUT2D eigenvalue weighted by molar-refractivity contribution is -0.119. The molecule has 1 aliphatic carbocycles. The van der Waals surface area contributed by atoms with E-state index in [1.807, 2.05) is 0 Å². The molecule has 0 bridgehead atoms. The fourth-order valence-electron chi connectivity index (χ4n) is 1.40. The molecular weight excluding hydrogens is 263 g/mol. The number of anilines is 1. The largest absolute Gasteiger partial charge is 0.352 e. The molecule has 1 N–H and O–H groups in total. The summed E-state index contributed by atoms with van der Waals surface area (Å²) in [6.07, 6.45) is 3.55. The van der Waals surface area contributed by atoms with Crippen molar-refractivity contribution in [3.05, 3.63) is 16.5 Å². The van der Waals surface area contributed by atoms with E-state index in [4.69, 9.17) is 23.2 Å². The van der Waals surface area contributed by atoms with E-state index in [9.17, 15) is 4.79 Å². The summed E-state index contributed by atoms with van der Waals surface area (Å²) in [7, 11) is 1.73. The number of rotatable bonds is 4. The van der Waals surface area contributed by atoms with Crippen molar-refractivity contribution in [1.29, 1.82) is 0 Å². The van der Waals surface area contributed by atoms with Gasteiger partial charge in [0.2, 0.25) is 11.2 Å². The van der Waals surface area contributed by atoms with Gasteiger partial charge in [-0.05, 0) is 24.4 Å². The number of carbonyl (C=O) groups is 1. The Bertz CT molecular complexity index is 436. The molecule has 1 saturated carbocycles. The van der Waals surface area contributed by atoms with Gasteiger partial charge in [-0.2, -0.15) is 4.98 Å². The maximum atomic E-state index is 11.6. The standard InChI is InChI=1S/C10H12Cl2N4O/c1-16(5-8(17)14-6-2-3-6)9-7(11)4-13-10(12)15-9/h4,6H,2-3,5H2,1H3,(H,14,17). The number of nitrogens with one attached hydrogen (secondary N) is 1. The van der Waals surface area contributed by atoms with Crippen LogP contribution >= 0.6 is 23.2 Å². The minimum absolute atomic E-state index is 0.0409. The van der Waals surface area contributed by atoms with Gasteiger partial charge in [-0.1, -0.05) is 11.6 Å². The second kappa shape index (κ2) is 5.06. The minimum Gasteiger partial charge on any atom is -0.352 e. The smallest absolute Gasteiger partial charge is 0.239 e. The lowest BCUT2D eigenvalue weighted by Gasteiger charge is -2.18. The lowest BCUT2D eigenvalue weighted by Crippen LogP contribution is -2.36. The van der Waals surface area contributed by atoms with E-state index >= 15 is 0 Å². The predicted molar refractivity (Wildman–Crippen MR) is 66.5 cm³/mol. The Kier molecular flexibility index (Phi) is 3.69. The Morgan fingerprint density at radius 1 is 1.59 bits per heavy atom. The van der Waals surface area contributed by atoms with Gasteiger partial charge >= 0.3 is 0 Å². The molecule has 0 aliphatic heterocycles. The first-order valence-electron chi connectivity index (χ1n) is 5.25. The Morgan fingerprint density at radius 3 is 2.94 bits per heavy atom. The first-order valence-corrected chi connectivity index (χ1v) is 6.00. The number of carbonyl (C=O) groups excluding carboxylic acids is 1. The average Bonchev–Trinajstić information content (AvgIpc) is 3.05. The molecule has 0 atom stereocenters. The van der Waals surface area contributed by atoms with Crippen LogP contribution in [0, 0.1) is 0 Å². The van der Waals surface area contributed by atoms with Crippen molar-refractivity contribution in [2.75, 3.05) is 18.5 Å². The molecule has 1 heterocycles. The number of nitrogens with zero attached hydrogens (tertiary/aromatic N) is 3. The van der Waals surface area contributed by atoms with Crippen LogP contribution < -0.4 is 10.2 Å². The van der Waals surface area contributed by atoms with Gasteiger partial charge in [-0.25, -0.2) is 4.98 Å². The second-order valence-electron chi connectivity index (χ2n) is 4.01. The molecule has 5 nitrogen and oxygen atoms in total. The molecule has 1 fully saturated rings. The van der Waals surface area contributed by atoms with Crippen molar-refractivity contribution in [3.63, 3.8) is 0 Å². The first-order chi connectivity index (χ1) is 8.06. The first kappa shape index (κ1) is 12.4. The second-order valence-corrected chi connectivity index (χ2v) is 4.75. The maximum absolute atomic E-state index is 11.6. The van der Waals surface area contributed by atoms with Gasteiger partial charge in [0.25, 0.3) is 0 Å². The van der Waals surface area contributed by atoms with Gasteiger partial charge in [-0.15, -0.1) is 0 Å². The molecule has 92 valence electrons. The molecule has 17 heavy (non-hydrogen) atoms. The summed E-state index contributed by atoms with van der Waals surface area (Å²) in [5.74, 6) is 0.415. The minimum atomic E-state index is -0.0409. The van der Waals surface area contributed by atoms with E-state index in [0.29, 0.717) is 16.9 Å². The Morgan fingerprint density at radius 2 is 2.29 bits per heavy atom. The van der Waals surface area contributed by atoms with Crippen LogP contribution in [0.5, 0.6) is 0 Å². The zero-order valence-corrected chi connectivity index (χ0v) is 10.8. The van der Waals surface area contributed by atoms with Crippen molar-refractivity contribution in [3.8, 4) is 0 Å². The Labute approximate surface area is 109 Å². The van der Waals surface area contributed by atoms with E-state index in [0.717, 1.165) is 12.8 Å². The van der Waals surface area contributed by atoms with Crippen molar-refractivity contribution >= 4 is 34.9 Å². The molecule has 0 saturated heterocycles. The van der Waals surface area contributed by atoms with E-state index in [-0.39, 0.29) is 17.7 Å². The third kappa shape index (κ3) is 3.44. The van der Waals surface area contributed by atoms with Gasteiger partial charge in [0.15, 0.2) is 5.82 Å². The third-order valence-corrected chi connectivity index (χ3v) is 2.83. The van der Waals surface area contributed by atoms with E-state index in [1.165, 1.54) is 6.20 Å². The molecule has 0 spiro atoms. The molecule has 1 amide bonds. The quantitative estimate of drug-likeness (QED) is 0.846. The van der Waals surface area contributed by atoms with Gasteiger partial charge in [0.1, 0.15) is 5.02 Å². The summed E-state index contributed by atoms with van der Waals surface area (Å²) in [5, 5.41) is 3.37. The van der Waals surface area contributed by atoms with Crippen molar-refractivity contribution in [2.24, 2.45) is 0 Å². The highest BCUT2D eigenvalue weighted by Crippen LogP contribution is 2.23. The van der Waals surface area contributed by atoms with Crippen LogP contribution in [0.15, 0.2) is 6.20 Å². The summed E-state index contributed by atoms with van der Waals surface area (Å²) in [6.45, 7) is 0.198. The molecular formula is C10H12Cl2N4O. The van der Waals surface area contributed by atoms with Crippen LogP contribution in [0.2, 0.25) is 10.3 Å². The van der Waals surface area contributed by atoms with Crippen LogP contribution in [0.4, 0.5) is 5.82 Å². The molecule has 0 radical (unpaired) electrons. The number of likely N-dealkylation sites (N-methyl/N-ethyl adjacent to an activating group) is 1. The Balaban J connectivity index is 1.99.